The highest BCUT2D eigenvalue weighted by atomic mass is 32.2. The van der Waals surface area contributed by atoms with Gasteiger partial charge >= 0.3 is 6.03 Å². The molecule has 1 aliphatic heterocycles. The number of ether oxygens (including phenoxy) is 3. The van der Waals surface area contributed by atoms with Gasteiger partial charge in [0.05, 0.1) is 26.1 Å². The van der Waals surface area contributed by atoms with Crippen LogP contribution in [0.2, 0.25) is 0 Å². The van der Waals surface area contributed by atoms with Gasteiger partial charge in [-0.25, -0.2) is 4.79 Å². The fraction of sp³-hybridized carbons (Fsp3) is 0.357. The van der Waals surface area contributed by atoms with Crippen molar-refractivity contribution in [2.45, 2.75) is 10.6 Å². The smallest absolute Gasteiger partial charge is 0.325 e. The van der Waals surface area contributed by atoms with Crippen molar-refractivity contribution >= 4 is 39.9 Å². The molecule has 1 fully saturated rings. The minimum absolute atomic E-state index is 0.200. The predicted molar refractivity (Wildman–Crippen MR) is 92.0 cm³/mol. The number of amides is 2. The van der Waals surface area contributed by atoms with E-state index in [9.17, 15) is 4.79 Å². The molecule has 1 aliphatic rings. The van der Waals surface area contributed by atoms with Crippen LogP contribution >= 0.6 is 23.1 Å². The number of methoxy groups -OCH3 is 1. The number of aromatic nitrogens is 2. The Kier molecular flexibility index (Phi) is 5.86. The van der Waals surface area contributed by atoms with E-state index in [0.29, 0.717) is 29.8 Å². The molecule has 10 heteroatoms. The lowest BCUT2D eigenvalue weighted by atomic mass is 10.3. The van der Waals surface area contributed by atoms with Gasteiger partial charge in [0.1, 0.15) is 5.75 Å². The van der Waals surface area contributed by atoms with Crippen LogP contribution in [0.3, 0.4) is 0 Å². The van der Waals surface area contributed by atoms with Gasteiger partial charge in [-0.2, -0.15) is 0 Å². The SMILES string of the molecule is COc1ccc(NC(=O)Nc2nnc(SCC3OCCO3)s2)cc1. The quantitative estimate of drug-likeness (QED) is 0.598. The summed E-state index contributed by atoms with van der Waals surface area (Å²) in [5.74, 6) is 1.37. The second kappa shape index (κ2) is 8.29. The van der Waals surface area contributed by atoms with Crippen LogP contribution in [0, 0.1) is 0 Å². The Labute approximate surface area is 146 Å². The maximum atomic E-state index is 12.0. The lowest BCUT2D eigenvalue weighted by molar-refractivity contribution is -0.0214. The molecule has 8 nitrogen and oxygen atoms in total. The van der Waals surface area contributed by atoms with Crippen LogP contribution in [0.4, 0.5) is 15.6 Å². The van der Waals surface area contributed by atoms with Crippen LogP contribution in [0.15, 0.2) is 28.6 Å². The number of rotatable bonds is 6. The third-order valence-electron chi connectivity index (χ3n) is 3.01. The summed E-state index contributed by atoms with van der Waals surface area (Å²) in [6.45, 7) is 1.25. The maximum Gasteiger partial charge on any atom is 0.325 e. The van der Waals surface area contributed by atoms with Gasteiger partial charge in [0, 0.05) is 5.69 Å². The number of nitrogens with one attached hydrogen (secondary N) is 2. The van der Waals surface area contributed by atoms with Gasteiger partial charge in [0.15, 0.2) is 10.6 Å². The summed E-state index contributed by atoms with van der Waals surface area (Å²) in [6, 6.07) is 6.66. The zero-order chi connectivity index (χ0) is 16.8. The first-order valence-corrected chi connectivity index (χ1v) is 8.95. The Morgan fingerprint density at radius 1 is 1.29 bits per heavy atom. The number of carbonyl (C=O) groups excluding carboxylic acids is 1. The van der Waals surface area contributed by atoms with E-state index in [1.807, 2.05) is 0 Å². The zero-order valence-corrected chi connectivity index (χ0v) is 14.5. The number of carbonyl (C=O) groups is 1. The van der Waals surface area contributed by atoms with Gasteiger partial charge < -0.3 is 19.5 Å². The van der Waals surface area contributed by atoms with E-state index in [2.05, 4.69) is 20.8 Å². The number of benzene rings is 1. The first kappa shape index (κ1) is 17.0. The molecule has 1 aromatic heterocycles. The van der Waals surface area contributed by atoms with Crippen molar-refractivity contribution in [2.24, 2.45) is 0 Å². The van der Waals surface area contributed by atoms with Crippen LogP contribution in [-0.2, 0) is 9.47 Å². The first-order valence-electron chi connectivity index (χ1n) is 7.14. The van der Waals surface area contributed by atoms with E-state index in [0.717, 1.165) is 10.1 Å². The summed E-state index contributed by atoms with van der Waals surface area (Å²) >= 11 is 2.78. The standard InChI is InChI=1S/C14H16N4O4S2/c1-20-10-4-2-9(3-5-10)15-12(19)16-13-17-18-14(24-13)23-8-11-21-6-7-22-11/h2-5,11H,6-8H2,1H3,(H2,15,16,17,19). The van der Waals surface area contributed by atoms with E-state index < -0.39 is 0 Å². The van der Waals surface area contributed by atoms with E-state index in [1.165, 1.54) is 23.1 Å². The summed E-state index contributed by atoms with van der Waals surface area (Å²) < 4.78 is 16.5. The van der Waals surface area contributed by atoms with Gasteiger partial charge in [-0.15, -0.1) is 10.2 Å². The Hall–Kier alpha value is -1.88. The number of urea groups is 1. The lowest BCUT2D eigenvalue weighted by Gasteiger charge is -2.06. The summed E-state index contributed by atoms with van der Waals surface area (Å²) in [5, 5.41) is 13.8. The van der Waals surface area contributed by atoms with Crippen molar-refractivity contribution < 1.29 is 19.0 Å². The van der Waals surface area contributed by atoms with Crippen molar-refractivity contribution in [1.29, 1.82) is 0 Å². The molecule has 0 atom stereocenters. The fourth-order valence-electron chi connectivity index (χ4n) is 1.90. The zero-order valence-electron chi connectivity index (χ0n) is 12.9. The number of thioether (sulfide) groups is 1. The monoisotopic (exact) mass is 368 g/mol. The Balaban J connectivity index is 1.47. The van der Waals surface area contributed by atoms with Crippen LogP contribution in [-0.4, -0.2) is 48.6 Å². The number of hydrogen-bond donors (Lipinski definition) is 2. The van der Waals surface area contributed by atoms with E-state index in [-0.39, 0.29) is 12.3 Å². The average Bonchev–Trinajstić information content (AvgIpc) is 3.25. The molecule has 24 heavy (non-hydrogen) atoms. The molecule has 0 radical (unpaired) electrons. The number of hydrogen-bond acceptors (Lipinski definition) is 8. The van der Waals surface area contributed by atoms with Gasteiger partial charge in [-0.3, -0.25) is 5.32 Å². The van der Waals surface area contributed by atoms with Crippen molar-refractivity contribution in [2.75, 3.05) is 36.7 Å². The van der Waals surface area contributed by atoms with Crippen LogP contribution in [0.1, 0.15) is 0 Å². The highest BCUT2D eigenvalue weighted by Gasteiger charge is 2.17. The topological polar surface area (TPSA) is 94.6 Å². The highest BCUT2D eigenvalue weighted by molar-refractivity contribution is 8.01. The molecular formula is C14H16N4O4S2. The Morgan fingerprint density at radius 3 is 2.75 bits per heavy atom. The molecule has 2 amide bonds. The van der Waals surface area contributed by atoms with Gasteiger partial charge in [-0.1, -0.05) is 23.1 Å². The third-order valence-corrected chi connectivity index (χ3v) is 5.01. The average molecular weight is 368 g/mol. The van der Waals surface area contributed by atoms with Crippen molar-refractivity contribution in [3.63, 3.8) is 0 Å². The van der Waals surface area contributed by atoms with E-state index >= 15 is 0 Å². The second-order valence-electron chi connectivity index (χ2n) is 4.66. The largest absolute Gasteiger partial charge is 0.497 e. The molecule has 1 aromatic carbocycles. The maximum absolute atomic E-state index is 12.0. The van der Waals surface area contributed by atoms with Gasteiger partial charge in [-0.05, 0) is 24.3 Å². The minimum Gasteiger partial charge on any atom is -0.497 e. The molecule has 0 spiro atoms. The van der Waals surface area contributed by atoms with E-state index in [4.69, 9.17) is 14.2 Å². The molecule has 2 heterocycles. The highest BCUT2D eigenvalue weighted by Crippen LogP contribution is 2.27. The summed E-state index contributed by atoms with van der Waals surface area (Å²) in [7, 11) is 1.59. The molecule has 0 saturated carbocycles. The third kappa shape index (κ3) is 4.81. The van der Waals surface area contributed by atoms with Crippen molar-refractivity contribution in [3.05, 3.63) is 24.3 Å². The normalized spacial score (nSPS) is 14.5. The molecular weight excluding hydrogens is 352 g/mol. The fourth-order valence-corrected chi connectivity index (χ4v) is 3.61. The van der Waals surface area contributed by atoms with E-state index in [1.54, 1.807) is 31.4 Å². The lowest BCUT2D eigenvalue weighted by Crippen LogP contribution is -2.19. The summed E-state index contributed by atoms with van der Waals surface area (Å²) in [6.07, 6.45) is -0.200. The number of nitrogens with zero attached hydrogens (tertiary/aromatic N) is 2. The molecule has 2 N–H and O–H groups in total. The first-order chi connectivity index (χ1) is 11.7. The summed E-state index contributed by atoms with van der Waals surface area (Å²) in [5.41, 5.74) is 0.656. The van der Waals surface area contributed by atoms with Crippen molar-refractivity contribution in [3.8, 4) is 5.75 Å². The van der Waals surface area contributed by atoms with Gasteiger partial charge in [0.2, 0.25) is 5.13 Å². The summed E-state index contributed by atoms with van der Waals surface area (Å²) in [4.78, 5) is 12.0. The molecule has 3 rings (SSSR count). The van der Waals surface area contributed by atoms with Gasteiger partial charge in [0.25, 0.3) is 0 Å². The molecule has 1 saturated heterocycles. The molecule has 128 valence electrons. The molecule has 0 bridgehead atoms. The Bertz CT molecular complexity index is 674. The second-order valence-corrected chi connectivity index (χ2v) is 6.91. The Morgan fingerprint density at radius 2 is 2.04 bits per heavy atom. The molecule has 2 aromatic rings. The molecule has 0 unspecified atom stereocenters. The predicted octanol–water partition coefficient (Wildman–Crippen LogP) is 2.66. The van der Waals surface area contributed by atoms with Crippen LogP contribution in [0.5, 0.6) is 5.75 Å². The van der Waals surface area contributed by atoms with Crippen LogP contribution < -0.4 is 15.4 Å². The van der Waals surface area contributed by atoms with Crippen molar-refractivity contribution in [1.82, 2.24) is 10.2 Å². The van der Waals surface area contributed by atoms with Crippen LogP contribution in [0.25, 0.3) is 0 Å². The minimum atomic E-state index is -0.379. The number of anilines is 2. The molecule has 0 aliphatic carbocycles.